The number of thiophene rings is 1. The normalized spacial score (nSPS) is 25.4. The molecule has 0 radical (unpaired) electrons. The van der Waals surface area contributed by atoms with Crippen LogP contribution in [0.2, 0.25) is 0 Å². The van der Waals surface area contributed by atoms with Crippen LogP contribution in [0.3, 0.4) is 0 Å². The highest BCUT2D eigenvalue weighted by atomic mass is 32.1. The molecular formula is C24H25N3O4S. The largest absolute Gasteiger partial charge is 0.481 e. The topological polar surface area (TPSA) is 108 Å². The number of fused-ring (bicyclic) bond motifs is 3. The molecule has 1 fully saturated rings. The van der Waals surface area contributed by atoms with Gasteiger partial charge in [-0.2, -0.15) is 0 Å². The van der Waals surface area contributed by atoms with Crippen molar-refractivity contribution < 1.29 is 19.5 Å². The van der Waals surface area contributed by atoms with E-state index in [9.17, 15) is 19.5 Å². The smallest absolute Gasteiger partial charge is 0.307 e. The van der Waals surface area contributed by atoms with Gasteiger partial charge in [0, 0.05) is 23.8 Å². The van der Waals surface area contributed by atoms with E-state index >= 15 is 0 Å². The molecule has 2 amide bonds. The van der Waals surface area contributed by atoms with E-state index in [4.69, 9.17) is 0 Å². The Hall–Kier alpha value is -3.00. The molecule has 4 atom stereocenters. The van der Waals surface area contributed by atoms with Crippen LogP contribution < -0.4 is 10.6 Å². The van der Waals surface area contributed by atoms with Crippen LogP contribution in [0.4, 0.5) is 5.00 Å². The second kappa shape index (κ2) is 8.50. The van der Waals surface area contributed by atoms with E-state index in [0.29, 0.717) is 23.5 Å². The van der Waals surface area contributed by atoms with Gasteiger partial charge < -0.3 is 15.7 Å². The van der Waals surface area contributed by atoms with Crippen molar-refractivity contribution in [3.63, 3.8) is 0 Å². The van der Waals surface area contributed by atoms with Gasteiger partial charge >= 0.3 is 5.97 Å². The van der Waals surface area contributed by atoms with Crippen molar-refractivity contribution in [2.75, 3.05) is 5.32 Å². The Morgan fingerprint density at radius 2 is 1.91 bits per heavy atom. The Morgan fingerprint density at radius 1 is 1.12 bits per heavy atom. The number of carboxylic acid groups (broad SMARTS) is 1. The Bertz CT molecular complexity index is 1090. The summed E-state index contributed by atoms with van der Waals surface area (Å²) < 4.78 is 0. The zero-order valence-corrected chi connectivity index (χ0v) is 18.4. The molecule has 8 heteroatoms. The molecule has 166 valence electrons. The molecule has 0 saturated heterocycles. The zero-order valence-electron chi connectivity index (χ0n) is 17.5. The lowest BCUT2D eigenvalue weighted by atomic mass is 9.82. The number of hydrogen-bond donors (Lipinski definition) is 3. The van der Waals surface area contributed by atoms with Crippen LogP contribution >= 0.6 is 11.3 Å². The first-order valence-corrected chi connectivity index (χ1v) is 11.9. The third kappa shape index (κ3) is 3.72. The van der Waals surface area contributed by atoms with Crippen LogP contribution in [-0.4, -0.2) is 27.9 Å². The van der Waals surface area contributed by atoms with E-state index in [2.05, 4.69) is 15.6 Å². The first kappa shape index (κ1) is 20.9. The summed E-state index contributed by atoms with van der Waals surface area (Å²) in [4.78, 5) is 43.5. The number of rotatable bonds is 6. The summed E-state index contributed by atoms with van der Waals surface area (Å²) in [5, 5.41) is 16.2. The number of aliphatic carboxylic acids is 1. The van der Waals surface area contributed by atoms with Crippen molar-refractivity contribution in [3.8, 4) is 0 Å². The fourth-order valence-electron chi connectivity index (χ4n) is 5.38. The van der Waals surface area contributed by atoms with Gasteiger partial charge in [-0.25, -0.2) is 0 Å². The minimum Gasteiger partial charge on any atom is -0.481 e. The van der Waals surface area contributed by atoms with Crippen LogP contribution in [0.15, 0.2) is 36.7 Å². The molecule has 1 saturated carbocycles. The number of carbonyl (C=O) groups is 3. The lowest BCUT2D eigenvalue weighted by Crippen LogP contribution is -2.36. The van der Waals surface area contributed by atoms with Gasteiger partial charge in [0.05, 0.1) is 17.4 Å². The lowest BCUT2D eigenvalue weighted by Gasteiger charge is -2.23. The summed E-state index contributed by atoms with van der Waals surface area (Å²) >= 11 is 1.46. The van der Waals surface area contributed by atoms with Crippen LogP contribution in [0, 0.1) is 23.7 Å². The minimum atomic E-state index is -0.929. The van der Waals surface area contributed by atoms with Crippen LogP contribution in [0.25, 0.3) is 0 Å². The number of anilines is 1. The number of pyridine rings is 1. The highest BCUT2D eigenvalue weighted by Gasteiger charge is 2.51. The molecule has 3 N–H and O–H groups in total. The summed E-state index contributed by atoms with van der Waals surface area (Å²) in [5.41, 5.74) is 2.45. The zero-order chi connectivity index (χ0) is 22.2. The summed E-state index contributed by atoms with van der Waals surface area (Å²) in [7, 11) is 0. The van der Waals surface area contributed by atoms with E-state index in [1.54, 1.807) is 12.4 Å². The second-order valence-corrected chi connectivity index (χ2v) is 9.89. The van der Waals surface area contributed by atoms with Crippen molar-refractivity contribution >= 4 is 34.1 Å². The molecule has 5 rings (SSSR count). The maximum atomic E-state index is 13.2. The molecule has 2 bridgehead atoms. The van der Waals surface area contributed by atoms with Crippen molar-refractivity contribution in [2.45, 2.75) is 38.6 Å². The third-order valence-electron chi connectivity index (χ3n) is 6.86. The molecule has 2 aromatic heterocycles. The molecule has 0 aromatic carbocycles. The average Bonchev–Trinajstić information content (AvgIpc) is 3.50. The Labute approximate surface area is 189 Å². The lowest BCUT2D eigenvalue weighted by molar-refractivity contribution is -0.146. The summed E-state index contributed by atoms with van der Waals surface area (Å²) in [5.74, 6) is -2.90. The second-order valence-electron chi connectivity index (χ2n) is 8.79. The van der Waals surface area contributed by atoms with Gasteiger partial charge in [0.15, 0.2) is 0 Å². The molecule has 32 heavy (non-hydrogen) atoms. The molecule has 2 aromatic rings. The van der Waals surface area contributed by atoms with Gasteiger partial charge in [-0.3, -0.25) is 19.4 Å². The van der Waals surface area contributed by atoms with Crippen LogP contribution in [0.1, 0.15) is 45.6 Å². The first-order chi connectivity index (χ1) is 15.5. The first-order valence-electron chi connectivity index (χ1n) is 11.1. The fraction of sp³-hybridized carbons (Fsp3) is 0.417. The standard InChI is InChI=1S/C24H25N3O4S/c28-21(26-12-13-4-3-9-25-11-13)20-16-5-1-2-6-17(16)32-23(20)27-22(29)18-14-7-8-15(10-14)19(18)24(30)31/h3-4,7-9,11,14-15,18-19H,1-2,5-6,10,12H2,(H,26,28)(H,27,29)(H,30,31)/t14-,15+,18-,19+/m0/s1. The maximum Gasteiger partial charge on any atom is 0.307 e. The maximum absolute atomic E-state index is 13.2. The molecular weight excluding hydrogens is 426 g/mol. The quantitative estimate of drug-likeness (QED) is 0.583. The van der Waals surface area contributed by atoms with E-state index < -0.39 is 17.8 Å². The van der Waals surface area contributed by atoms with E-state index in [0.717, 1.165) is 41.7 Å². The number of aromatic nitrogens is 1. The molecule has 0 spiro atoms. The number of allylic oxidation sites excluding steroid dienone is 2. The van der Waals surface area contributed by atoms with Crippen molar-refractivity contribution in [1.82, 2.24) is 10.3 Å². The number of aryl methyl sites for hydroxylation is 1. The minimum absolute atomic E-state index is 0.0569. The number of nitrogens with one attached hydrogen (secondary N) is 2. The van der Waals surface area contributed by atoms with Crippen molar-refractivity contribution in [1.29, 1.82) is 0 Å². The number of hydrogen-bond acceptors (Lipinski definition) is 5. The number of nitrogens with zero attached hydrogens (tertiary/aromatic N) is 1. The van der Waals surface area contributed by atoms with Gasteiger partial charge in [0.2, 0.25) is 5.91 Å². The average molecular weight is 452 g/mol. The summed E-state index contributed by atoms with van der Waals surface area (Å²) in [6.07, 6.45) is 11.8. The van der Waals surface area contributed by atoms with Gasteiger partial charge in [0.25, 0.3) is 5.91 Å². The molecule has 3 aliphatic rings. The van der Waals surface area contributed by atoms with E-state index in [1.807, 2.05) is 24.3 Å². The number of amides is 2. The molecule has 0 unspecified atom stereocenters. The Kier molecular flexibility index (Phi) is 5.55. The Morgan fingerprint density at radius 3 is 2.66 bits per heavy atom. The molecule has 7 nitrogen and oxygen atoms in total. The van der Waals surface area contributed by atoms with E-state index in [-0.39, 0.29) is 23.7 Å². The molecule has 2 heterocycles. The van der Waals surface area contributed by atoms with E-state index in [1.165, 1.54) is 11.3 Å². The van der Waals surface area contributed by atoms with Gasteiger partial charge in [-0.1, -0.05) is 18.2 Å². The fourth-order valence-corrected chi connectivity index (χ4v) is 6.67. The van der Waals surface area contributed by atoms with Crippen molar-refractivity contribution in [3.05, 3.63) is 58.2 Å². The van der Waals surface area contributed by atoms with Gasteiger partial charge in [0.1, 0.15) is 5.00 Å². The van der Waals surface area contributed by atoms with Crippen molar-refractivity contribution in [2.24, 2.45) is 23.7 Å². The van der Waals surface area contributed by atoms with Crippen LogP contribution in [0.5, 0.6) is 0 Å². The Balaban J connectivity index is 1.39. The monoisotopic (exact) mass is 451 g/mol. The number of carboxylic acids is 1. The molecule has 0 aliphatic heterocycles. The van der Waals surface area contributed by atoms with Gasteiger partial charge in [-0.05, 0) is 61.1 Å². The molecule has 3 aliphatic carbocycles. The third-order valence-corrected chi connectivity index (χ3v) is 8.07. The van der Waals surface area contributed by atoms with Gasteiger partial charge in [-0.15, -0.1) is 11.3 Å². The number of carbonyl (C=O) groups excluding carboxylic acids is 2. The summed E-state index contributed by atoms with van der Waals surface area (Å²) in [6, 6.07) is 3.72. The highest BCUT2D eigenvalue weighted by Crippen LogP contribution is 2.49. The predicted octanol–water partition coefficient (Wildman–Crippen LogP) is 3.41. The summed E-state index contributed by atoms with van der Waals surface area (Å²) in [6.45, 7) is 0.350. The van der Waals surface area contributed by atoms with Crippen LogP contribution in [-0.2, 0) is 29.0 Å². The highest BCUT2D eigenvalue weighted by molar-refractivity contribution is 7.17. The SMILES string of the molecule is O=C(NCc1cccnc1)c1c(NC(=O)[C@@H]2[C@H](C(=O)O)[C@@H]3C=C[C@H]2C3)sc2c1CCCC2. The predicted molar refractivity (Wildman–Crippen MR) is 120 cm³/mol.